The van der Waals surface area contributed by atoms with E-state index in [-0.39, 0.29) is 11.4 Å². The smallest absolute Gasteiger partial charge is 0.255 e. The van der Waals surface area contributed by atoms with Crippen LogP contribution in [0.4, 0.5) is 0 Å². The second kappa shape index (κ2) is 5.93. The summed E-state index contributed by atoms with van der Waals surface area (Å²) < 4.78 is 11.1. The van der Waals surface area contributed by atoms with Crippen LogP contribution in [0.1, 0.15) is 42.5 Å². The van der Waals surface area contributed by atoms with Gasteiger partial charge in [-0.3, -0.25) is 4.79 Å². The highest BCUT2D eigenvalue weighted by Crippen LogP contribution is 2.34. The molecular formula is C16H22N2O3. The van der Waals surface area contributed by atoms with Crippen LogP contribution in [-0.4, -0.2) is 31.2 Å². The molecule has 0 atom stereocenters. The first-order valence-corrected chi connectivity index (χ1v) is 7.65. The van der Waals surface area contributed by atoms with Crippen molar-refractivity contribution in [2.45, 2.75) is 37.6 Å². The molecule has 0 unspecified atom stereocenters. The van der Waals surface area contributed by atoms with E-state index in [2.05, 4.69) is 5.32 Å². The minimum Gasteiger partial charge on any atom is -0.486 e. The van der Waals surface area contributed by atoms with Crippen molar-refractivity contribution in [3.05, 3.63) is 23.8 Å². The Bertz CT molecular complexity index is 524. The Kier molecular flexibility index (Phi) is 4.01. The average Bonchev–Trinajstić information content (AvgIpc) is 2.55. The lowest BCUT2D eigenvalue weighted by Crippen LogP contribution is -2.54. The maximum absolute atomic E-state index is 12.6. The highest BCUT2D eigenvalue weighted by atomic mass is 16.6. The molecule has 1 amide bonds. The van der Waals surface area contributed by atoms with E-state index in [9.17, 15) is 4.79 Å². The first kappa shape index (κ1) is 14.2. The van der Waals surface area contributed by atoms with Crippen LogP contribution in [0.5, 0.6) is 11.5 Å². The molecule has 114 valence electrons. The Hall–Kier alpha value is -1.75. The zero-order chi connectivity index (χ0) is 14.7. The normalized spacial score (nSPS) is 19.9. The lowest BCUT2D eigenvalue weighted by atomic mass is 9.81. The number of hydrogen-bond acceptors (Lipinski definition) is 4. The van der Waals surface area contributed by atoms with Gasteiger partial charge in [-0.15, -0.1) is 0 Å². The highest BCUT2D eigenvalue weighted by Gasteiger charge is 2.33. The molecule has 5 nitrogen and oxygen atoms in total. The largest absolute Gasteiger partial charge is 0.486 e. The van der Waals surface area contributed by atoms with Crippen molar-refractivity contribution in [3.8, 4) is 11.5 Å². The molecule has 1 aromatic carbocycles. The van der Waals surface area contributed by atoms with Crippen molar-refractivity contribution in [3.63, 3.8) is 0 Å². The molecule has 21 heavy (non-hydrogen) atoms. The summed E-state index contributed by atoms with van der Waals surface area (Å²) in [6.45, 7) is 1.47. The van der Waals surface area contributed by atoms with Crippen molar-refractivity contribution in [1.29, 1.82) is 0 Å². The maximum Gasteiger partial charge on any atom is 0.255 e. The van der Waals surface area contributed by atoms with Gasteiger partial charge in [0.15, 0.2) is 11.5 Å². The summed E-state index contributed by atoms with van der Waals surface area (Å²) in [5.74, 6) is 1.06. The lowest BCUT2D eigenvalue weighted by molar-refractivity contribution is 0.0864. The summed E-state index contributed by atoms with van der Waals surface area (Å²) in [5, 5.41) is 3.15. The van der Waals surface area contributed by atoms with Crippen molar-refractivity contribution in [2.24, 2.45) is 5.73 Å². The van der Waals surface area contributed by atoms with Crippen molar-refractivity contribution < 1.29 is 14.3 Å². The van der Waals surface area contributed by atoms with Gasteiger partial charge in [-0.25, -0.2) is 0 Å². The number of nitrogens with one attached hydrogen (secondary N) is 1. The molecule has 1 saturated carbocycles. The predicted molar refractivity (Wildman–Crippen MR) is 79.8 cm³/mol. The molecule has 1 heterocycles. The van der Waals surface area contributed by atoms with E-state index in [0.717, 1.165) is 25.7 Å². The second-order valence-corrected chi connectivity index (χ2v) is 5.83. The van der Waals surface area contributed by atoms with E-state index in [4.69, 9.17) is 15.2 Å². The lowest BCUT2D eigenvalue weighted by Gasteiger charge is -2.37. The summed E-state index contributed by atoms with van der Waals surface area (Å²) in [6, 6.07) is 5.42. The molecule has 1 fully saturated rings. The van der Waals surface area contributed by atoms with E-state index in [1.54, 1.807) is 6.07 Å². The Morgan fingerprint density at radius 3 is 2.71 bits per heavy atom. The number of amides is 1. The number of para-hydroxylation sites is 1. The van der Waals surface area contributed by atoms with Crippen molar-refractivity contribution in [1.82, 2.24) is 5.32 Å². The molecular weight excluding hydrogens is 268 g/mol. The van der Waals surface area contributed by atoms with Crippen LogP contribution in [0.3, 0.4) is 0 Å². The van der Waals surface area contributed by atoms with E-state index < -0.39 is 0 Å². The molecule has 2 aliphatic rings. The van der Waals surface area contributed by atoms with Gasteiger partial charge in [0.25, 0.3) is 5.91 Å². The van der Waals surface area contributed by atoms with Gasteiger partial charge in [0, 0.05) is 6.54 Å². The monoisotopic (exact) mass is 290 g/mol. The molecule has 1 aromatic rings. The van der Waals surface area contributed by atoms with Crippen LogP contribution >= 0.6 is 0 Å². The highest BCUT2D eigenvalue weighted by molar-refractivity contribution is 5.98. The summed E-state index contributed by atoms with van der Waals surface area (Å²) in [7, 11) is 0. The van der Waals surface area contributed by atoms with Gasteiger partial charge in [0.1, 0.15) is 13.2 Å². The molecule has 0 aromatic heterocycles. The Balaban J connectivity index is 1.82. The van der Waals surface area contributed by atoms with Crippen LogP contribution in [0, 0.1) is 0 Å². The van der Waals surface area contributed by atoms with E-state index >= 15 is 0 Å². The van der Waals surface area contributed by atoms with E-state index in [1.807, 2.05) is 12.1 Å². The van der Waals surface area contributed by atoms with E-state index in [1.165, 1.54) is 6.42 Å². The third-order valence-electron chi connectivity index (χ3n) is 4.39. The number of benzene rings is 1. The van der Waals surface area contributed by atoms with Crippen LogP contribution in [0.25, 0.3) is 0 Å². The fourth-order valence-electron chi connectivity index (χ4n) is 3.17. The summed E-state index contributed by atoms with van der Waals surface area (Å²) >= 11 is 0. The maximum atomic E-state index is 12.6. The van der Waals surface area contributed by atoms with Crippen LogP contribution < -0.4 is 20.5 Å². The average molecular weight is 290 g/mol. The topological polar surface area (TPSA) is 73.6 Å². The molecule has 0 bridgehead atoms. The van der Waals surface area contributed by atoms with Crippen LogP contribution in [0.15, 0.2) is 18.2 Å². The molecule has 0 radical (unpaired) electrons. The number of hydrogen-bond donors (Lipinski definition) is 2. The number of fused-ring (bicyclic) bond motifs is 1. The van der Waals surface area contributed by atoms with Gasteiger partial charge in [-0.2, -0.15) is 0 Å². The summed E-state index contributed by atoms with van der Waals surface area (Å²) in [6.07, 6.45) is 5.34. The minimum atomic E-state index is -0.270. The third-order valence-corrected chi connectivity index (χ3v) is 4.39. The Morgan fingerprint density at radius 1 is 1.19 bits per heavy atom. The Morgan fingerprint density at radius 2 is 1.95 bits per heavy atom. The SMILES string of the molecule is NCC1(NC(=O)c2cccc3c2OCCO3)CCCCC1. The van der Waals surface area contributed by atoms with Gasteiger partial charge in [0.05, 0.1) is 11.1 Å². The molecule has 1 aliphatic heterocycles. The number of nitrogens with two attached hydrogens (primary N) is 1. The summed E-state index contributed by atoms with van der Waals surface area (Å²) in [4.78, 5) is 12.6. The molecule has 1 aliphatic carbocycles. The van der Waals surface area contributed by atoms with Gasteiger partial charge in [-0.05, 0) is 25.0 Å². The molecule has 5 heteroatoms. The molecule has 3 N–H and O–H groups in total. The second-order valence-electron chi connectivity index (χ2n) is 5.83. The van der Waals surface area contributed by atoms with Gasteiger partial charge < -0.3 is 20.5 Å². The van der Waals surface area contributed by atoms with Gasteiger partial charge in [0.2, 0.25) is 0 Å². The quantitative estimate of drug-likeness (QED) is 0.891. The third kappa shape index (κ3) is 2.83. The number of rotatable bonds is 3. The number of carbonyl (C=O) groups excluding carboxylic acids is 1. The number of ether oxygens (including phenoxy) is 2. The molecule has 3 rings (SSSR count). The van der Waals surface area contributed by atoms with Crippen LogP contribution in [-0.2, 0) is 0 Å². The van der Waals surface area contributed by atoms with Crippen LogP contribution in [0.2, 0.25) is 0 Å². The van der Waals surface area contributed by atoms with Gasteiger partial charge >= 0.3 is 0 Å². The predicted octanol–water partition coefficient (Wildman–Crippen LogP) is 1.85. The van der Waals surface area contributed by atoms with Gasteiger partial charge in [-0.1, -0.05) is 25.3 Å². The molecule has 0 spiro atoms. The Labute approximate surface area is 124 Å². The summed E-state index contributed by atoms with van der Waals surface area (Å²) in [5.41, 5.74) is 6.19. The fourth-order valence-corrected chi connectivity index (χ4v) is 3.17. The molecule has 0 saturated heterocycles. The van der Waals surface area contributed by atoms with Crippen molar-refractivity contribution >= 4 is 5.91 Å². The standard InChI is InChI=1S/C16H22N2O3/c17-11-16(7-2-1-3-8-16)18-15(19)12-5-4-6-13-14(12)21-10-9-20-13/h4-6H,1-3,7-11,17H2,(H,18,19). The first-order valence-electron chi connectivity index (χ1n) is 7.65. The van der Waals surface area contributed by atoms with E-state index in [0.29, 0.717) is 36.8 Å². The zero-order valence-electron chi connectivity index (χ0n) is 12.2. The minimum absolute atomic E-state index is 0.121. The number of carbonyl (C=O) groups is 1. The first-order chi connectivity index (χ1) is 10.2. The van der Waals surface area contributed by atoms with Crippen molar-refractivity contribution in [2.75, 3.05) is 19.8 Å². The zero-order valence-corrected chi connectivity index (χ0v) is 12.2. The fraction of sp³-hybridized carbons (Fsp3) is 0.562.